The summed E-state index contributed by atoms with van der Waals surface area (Å²) in [6, 6.07) is 3.44. The summed E-state index contributed by atoms with van der Waals surface area (Å²) in [7, 11) is 0. The molecular weight excluding hydrogens is 302 g/mol. The monoisotopic (exact) mass is 327 g/mol. The van der Waals surface area contributed by atoms with Crippen LogP contribution in [0.2, 0.25) is 0 Å². The molecular formula is C18H25N5O. The molecule has 0 spiro atoms. The zero-order valence-electron chi connectivity index (χ0n) is 14.2. The smallest absolute Gasteiger partial charge is 0.271 e. The van der Waals surface area contributed by atoms with Crippen LogP contribution in [0.25, 0.3) is 0 Å². The molecule has 4 aliphatic heterocycles. The summed E-state index contributed by atoms with van der Waals surface area (Å²) in [4.78, 5) is 21.5. The third kappa shape index (κ3) is 2.74. The van der Waals surface area contributed by atoms with E-state index < -0.39 is 0 Å². The molecule has 6 heteroatoms. The van der Waals surface area contributed by atoms with Gasteiger partial charge in [0.1, 0.15) is 0 Å². The number of carbonyl (C=O) groups excluding carboxylic acids is 1. The number of piperidine rings is 2. The van der Waals surface area contributed by atoms with E-state index in [1.54, 1.807) is 24.5 Å². The van der Waals surface area contributed by atoms with Gasteiger partial charge in [0.15, 0.2) is 0 Å². The number of hydrazone groups is 1. The summed E-state index contributed by atoms with van der Waals surface area (Å²) in [5.41, 5.74) is 4.75. The van der Waals surface area contributed by atoms with Gasteiger partial charge in [-0.2, -0.15) is 5.10 Å². The number of pyridine rings is 1. The fourth-order valence-electron chi connectivity index (χ4n) is 4.76. The van der Waals surface area contributed by atoms with Crippen LogP contribution >= 0.6 is 0 Å². The zero-order chi connectivity index (χ0) is 16.6. The first-order chi connectivity index (χ1) is 11.7. The summed E-state index contributed by atoms with van der Waals surface area (Å²) in [6.45, 7) is 8.89. The van der Waals surface area contributed by atoms with Crippen molar-refractivity contribution in [3.05, 3.63) is 30.1 Å². The highest BCUT2D eigenvalue weighted by atomic mass is 16.2. The Morgan fingerprint density at radius 1 is 1.29 bits per heavy atom. The van der Waals surface area contributed by atoms with Crippen molar-refractivity contribution in [3.8, 4) is 0 Å². The van der Waals surface area contributed by atoms with Crippen LogP contribution in [0, 0.1) is 11.3 Å². The van der Waals surface area contributed by atoms with Crippen LogP contribution in [0.3, 0.4) is 0 Å². The lowest BCUT2D eigenvalue weighted by Crippen LogP contribution is -2.61. The Balaban J connectivity index is 1.60. The van der Waals surface area contributed by atoms with E-state index in [0.29, 0.717) is 11.5 Å². The molecule has 1 N–H and O–H groups in total. The molecule has 4 saturated heterocycles. The van der Waals surface area contributed by atoms with E-state index in [2.05, 4.69) is 32.2 Å². The van der Waals surface area contributed by atoms with Crippen LogP contribution in [-0.4, -0.2) is 65.7 Å². The van der Waals surface area contributed by atoms with Crippen molar-refractivity contribution >= 4 is 11.6 Å². The second kappa shape index (κ2) is 6.26. The zero-order valence-corrected chi connectivity index (χ0v) is 14.2. The van der Waals surface area contributed by atoms with E-state index in [4.69, 9.17) is 0 Å². The molecule has 24 heavy (non-hydrogen) atoms. The predicted molar refractivity (Wildman–Crippen MR) is 92.8 cm³/mol. The summed E-state index contributed by atoms with van der Waals surface area (Å²) in [5, 5.41) is 4.67. The topological polar surface area (TPSA) is 60.8 Å². The van der Waals surface area contributed by atoms with Crippen molar-refractivity contribution in [2.75, 3.05) is 39.3 Å². The van der Waals surface area contributed by atoms with Gasteiger partial charge in [0.05, 0.1) is 5.71 Å². The van der Waals surface area contributed by atoms with E-state index in [1.165, 1.54) is 18.8 Å². The van der Waals surface area contributed by atoms with Crippen LogP contribution in [-0.2, 0) is 0 Å². The summed E-state index contributed by atoms with van der Waals surface area (Å²) in [5.74, 6) is 0.295. The number of nitrogens with zero attached hydrogens (tertiary/aromatic N) is 4. The molecule has 2 unspecified atom stereocenters. The Morgan fingerprint density at radius 2 is 1.96 bits per heavy atom. The minimum absolute atomic E-state index is 0.109. The van der Waals surface area contributed by atoms with Gasteiger partial charge in [-0.15, -0.1) is 0 Å². The Kier molecular flexibility index (Phi) is 4.10. The van der Waals surface area contributed by atoms with E-state index in [1.807, 2.05) is 0 Å². The molecule has 128 valence electrons. The third-order valence-corrected chi connectivity index (χ3v) is 5.62. The quantitative estimate of drug-likeness (QED) is 0.845. The van der Waals surface area contributed by atoms with Gasteiger partial charge < -0.3 is 9.80 Å². The fourth-order valence-corrected chi connectivity index (χ4v) is 4.76. The van der Waals surface area contributed by atoms with E-state index >= 15 is 0 Å². The minimum Gasteiger partial charge on any atom is -0.300 e. The van der Waals surface area contributed by atoms with Crippen LogP contribution in [0.15, 0.2) is 29.6 Å². The Morgan fingerprint density at radius 3 is 2.58 bits per heavy atom. The van der Waals surface area contributed by atoms with E-state index in [9.17, 15) is 4.79 Å². The number of hydrogen-bond donors (Lipinski definition) is 1. The molecule has 0 radical (unpaired) electrons. The molecule has 2 atom stereocenters. The third-order valence-electron chi connectivity index (χ3n) is 5.62. The van der Waals surface area contributed by atoms with Crippen molar-refractivity contribution < 1.29 is 4.79 Å². The first kappa shape index (κ1) is 15.7. The molecule has 5 heterocycles. The first-order valence-electron chi connectivity index (χ1n) is 8.93. The van der Waals surface area contributed by atoms with Gasteiger partial charge in [-0.25, -0.2) is 5.43 Å². The number of carbonyl (C=O) groups is 1. The second-order valence-corrected chi connectivity index (χ2v) is 7.37. The highest BCUT2D eigenvalue weighted by Gasteiger charge is 2.51. The normalized spacial score (nSPS) is 35.9. The number of aromatic nitrogens is 1. The largest absolute Gasteiger partial charge is 0.300 e. The molecule has 1 aromatic rings. The Labute approximate surface area is 142 Å². The van der Waals surface area contributed by atoms with E-state index in [0.717, 1.165) is 39.0 Å². The number of fused-ring (bicyclic) bond motifs is 1. The van der Waals surface area contributed by atoms with Gasteiger partial charge in [-0.05, 0) is 18.6 Å². The predicted octanol–water partition coefficient (Wildman–Crippen LogP) is 1.21. The lowest BCUT2D eigenvalue weighted by atomic mass is 9.68. The van der Waals surface area contributed by atoms with Crippen LogP contribution in [0.5, 0.6) is 0 Å². The van der Waals surface area contributed by atoms with Gasteiger partial charge in [0, 0.05) is 68.6 Å². The molecule has 5 rings (SSSR count). The maximum absolute atomic E-state index is 12.3. The standard InChI is InChI=1S/C18H25N5O/c1-2-5-18-12-22-8-9-23(13-18)11-15(10-22)16(18)20-21-17(24)14-3-6-19-7-4-14/h3-4,6-7,15H,2,5,8-13H2,1H3,(H,21,24)/b20-16-. The molecule has 4 bridgehead atoms. The van der Waals surface area contributed by atoms with Crippen LogP contribution in [0.1, 0.15) is 30.1 Å². The number of rotatable bonds is 4. The summed E-state index contributed by atoms with van der Waals surface area (Å²) in [6.07, 6.45) is 5.55. The molecule has 4 aliphatic rings. The highest BCUT2D eigenvalue weighted by molar-refractivity contribution is 5.98. The summed E-state index contributed by atoms with van der Waals surface area (Å²) >= 11 is 0. The first-order valence-corrected chi connectivity index (χ1v) is 8.93. The fraction of sp³-hybridized carbons (Fsp3) is 0.611. The lowest BCUT2D eigenvalue weighted by molar-refractivity contribution is 0.0940. The average molecular weight is 327 g/mol. The van der Waals surface area contributed by atoms with Crippen molar-refractivity contribution in [1.82, 2.24) is 20.2 Å². The van der Waals surface area contributed by atoms with E-state index in [-0.39, 0.29) is 11.3 Å². The maximum Gasteiger partial charge on any atom is 0.271 e. The minimum atomic E-state index is -0.149. The molecule has 0 aliphatic carbocycles. The number of hydrogen-bond acceptors (Lipinski definition) is 5. The SMILES string of the molecule is CCCC12CN3CCN(CC(C3)/C1=N/NC(=O)c1ccncc1)C2. The van der Waals surface area contributed by atoms with Crippen molar-refractivity contribution in [1.29, 1.82) is 0 Å². The number of amides is 1. The molecule has 1 amide bonds. The van der Waals surface area contributed by atoms with Crippen molar-refractivity contribution in [2.45, 2.75) is 19.8 Å². The van der Waals surface area contributed by atoms with Gasteiger partial charge in [0.25, 0.3) is 5.91 Å². The van der Waals surface area contributed by atoms with Crippen LogP contribution in [0.4, 0.5) is 0 Å². The van der Waals surface area contributed by atoms with Gasteiger partial charge >= 0.3 is 0 Å². The molecule has 6 nitrogen and oxygen atoms in total. The van der Waals surface area contributed by atoms with Gasteiger partial charge in [-0.1, -0.05) is 13.3 Å². The average Bonchev–Trinajstić information content (AvgIpc) is 2.83. The molecule has 1 aromatic heterocycles. The van der Waals surface area contributed by atoms with Crippen LogP contribution < -0.4 is 5.43 Å². The summed E-state index contributed by atoms with van der Waals surface area (Å²) < 4.78 is 0. The second-order valence-electron chi connectivity index (χ2n) is 7.37. The molecule has 4 fully saturated rings. The lowest BCUT2D eigenvalue weighted by Gasteiger charge is -2.50. The highest BCUT2D eigenvalue weighted by Crippen LogP contribution is 2.41. The number of nitrogens with one attached hydrogen (secondary N) is 1. The molecule has 0 saturated carbocycles. The maximum atomic E-state index is 12.3. The van der Waals surface area contributed by atoms with Gasteiger partial charge in [0.2, 0.25) is 0 Å². The molecule has 0 aromatic carbocycles. The Bertz CT molecular complexity index is 628. The van der Waals surface area contributed by atoms with Crippen molar-refractivity contribution in [3.63, 3.8) is 0 Å². The van der Waals surface area contributed by atoms with Gasteiger partial charge in [-0.3, -0.25) is 9.78 Å². The Hall–Kier alpha value is -1.79. The van der Waals surface area contributed by atoms with Crippen molar-refractivity contribution in [2.24, 2.45) is 16.4 Å².